The monoisotopic (exact) mass is 891 g/mol. The van der Waals surface area contributed by atoms with Crippen molar-refractivity contribution in [1.82, 2.24) is 0 Å². The number of para-hydroxylation sites is 3. The number of nitrogens with zero attached hydrogens (tertiary/aromatic N) is 2. The molecule has 1 aliphatic rings. The standard InChI is InChI=1S/C65H44N2S/c1-5-19-45(20-6-1)46-35-37-51(38-36-46)67(50-27-11-4-12-28-50)53-40-42-61-58(44-53)57-43-52(66(48-23-7-2-8-24-48)49-25-9-3-10-26-49)39-41-60(57)65(61,59-32-17-22-47-21-13-14-29-54(47)59)62-33-18-31-56-55-30-15-16-34-63(55)68-64(56)62/h1-44H/i13D,14D,17D,21D,22D,29D,32D. The van der Waals surface area contributed by atoms with Crippen molar-refractivity contribution in [2.24, 2.45) is 0 Å². The second-order valence-electron chi connectivity index (χ2n) is 17.1. The minimum absolute atomic E-state index is 0.0525. The van der Waals surface area contributed by atoms with E-state index in [0.29, 0.717) is 0 Å². The van der Waals surface area contributed by atoms with Crippen molar-refractivity contribution in [3.63, 3.8) is 0 Å². The van der Waals surface area contributed by atoms with Crippen LogP contribution in [-0.2, 0) is 5.41 Å². The molecule has 12 aromatic rings. The normalized spacial score (nSPS) is 15.4. The van der Waals surface area contributed by atoms with E-state index in [9.17, 15) is 6.85 Å². The fourth-order valence-corrected chi connectivity index (χ4v) is 11.8. The molecular formula is C65H44N2S. The summed E-state index contributed by atoms with van der Waals surface area (Å²) in [7, 11) is 0. The lowest BCUT2D eigenvalue weighted by Gasteiger charge is -2.36. The number of hydrogen-bond donors (Lipinski definition) is 0. The van der Waals surface area contributed by atoms with Gasteiger partial charge in [0.05, 0.1) is 15.0 Å². The molecule has 68 heavy (non-hydrogen) atoms. The van der Waals surface area contributed by atoms with Gasteiger partial charge in [-0.2, -0.15) is 0 Å². The SMILES string of the molecule is [2H]c1c([2H])c([2H])c2c(C3(c4cccc5c4sc4ccccc45)c4ccc(N(c5ccccc5)c5ccccc5)cc4-c4cc(N(c5ccccc5)c5ccc(-c6ccccc6)cc5)ccc43)c([2H])c([2H])c([2H])c2c1[2H]. The van der Waals surface area contributed by atoms with Crippen LogP contribution < -0.4 is 9.80 Å². The highest BCUT2D eigenvalue weighted by molar-refractivity contribution is 7.26. The predicted octanol–water partition coefficient (Wildman–Crippen LogP) is 18.2. The molecular weight excluding hydrogens is 841 g/mol. The minimum atomic E-state index is -1.47. The molecule has 1 heterocycles. The summed E-state index contributed by atoms with van der Waals surface area (Å²) in [6.07, 6.45) is 0. The highest BCUT2D eigenvalue weighted by atomic mass is 32.1. The maximum absolute atomic E-state index is 10.2. The van der Waals surface area contributed by atoms with Gasteiger partial charge in [-0.3, -0.25) is 0 Å². The Labute approximate surface area is 410 Å². The van der Waals surface area contributed by atoms with Crippen molar-refractivity contribution >= 4 is 76.4 Å². The van der Waals surface area contributed by atoms with Gasteiger partial charge in [-0.25, -0.2) is 0 Å². The third kappa shape index (κ3) is 6.39. The fourth-order valence-electron chi connectivity index (χ4n) is 10.5. The largest absolute Gasteiger partial charge is 0.310 e. The van der Waals surface area contributed by atoms with Gasteiger partial charge in [-0.15, -0.1) is 11.3 Å². The molecule has 0 aliphatic heterocycles. The van der Waals surface area contributed by atoms with Crippen LogP contribution in [0.4, 0.5) is 34.1 Å². The van der Waals surface area contributed by atoms with Gasteiger partial charge in [0, 0.05) is 54.3 Å². The van der Waals surface area contributed by atoms with Gasteiger partial charge in [-0.05, 0) is 134 Å². The Balaban J connectivity index is 1.18. The zero-order valence-corrected chi connectivity index (χ0v) is 37.5. The highest BCUT2D eigenvalue weighted by Crippen LogP contribution is 2.61. The highest BCUT2D eigenvalue weighted by Gasteiger charge is 2.48. The topological polar surface area (TPSA) is 6.48 Å². The Morgan fingerprint density at radius 2 is 0.824 bits per heavy atom. The molecule has 0 saturated carbocycles. The summed E-state index contributed by atoms with van der Waals surface area (Å²) >= 11 is 1.64. The molecule has 3 heteroatoms. The van der Waals surface area contributed by atoms with Crippen molar-refractivity contribution in [1.29, 1.82) is 0 Å². The van der Waals surface area contributed by atoms with Gasteiger partial charge >= 0.3 is 0 Å². The Morgan fingerprint density at radius 3 is 1.44 bits per heavy atom. The van der Waals surface area contributed by atoms with Crippen LogP contribution in [0.25, 0.3) is 53.2 Å². The van der Waals surface area contributed by atoms with Crippen LogP contribution in [0.5, 0.6) is 0 Å². The van der Waals surface area contributed by atoms with Gasteiger partial charge in [0.15, 0.2) is 0 Å². The molecule has 320 valence electrons. The molecule has 2 nitrogen and oxygen atoms in total. The fraction of sp³-hybridized carbons (Fsp3) is 0.0154. The van der Waals surface area contributed by atoms with Gasteiger partial charge in [0.25, 0.3) is 0 Å². The minimum Gasteiger partial charge on any atom is -0.310 e. The summed E-state index contributed by atoms with van der Waals surface area (Å²) in [6, 6.07) is 74.1. The van der Waals surface area contributed by atoms with Crippen LogP contribution in [0.15, 0.2) is 267 Å². The van der Waals surface area contributed by atoms with E-state index < -0.39 is 35.6 Å². The molecule has 0 amide bonds. The van der Waals surface area contributed by atoms with Gasteiger partial charge < -0.3 is 9.80 Å². The Kier molecular flexibility index (Phi) is 7.98. The molecule has 11 aromatic carbocycles. The zero-order chi connectivity index (χ0) is 51.1. The van der Waals surface area contributed by atoms with Gasteiger partial charge in [0.2, 0.25) is 0 Å². The smallest absolute Gasteiger partial charge is 0.0733 e. The average molecular weight is 892 g/mol. The Morgan fingerprint density at radius 1 is 0.338 bits per heavy atom. The van der Waals surface area contributed by atoms with Gasteiger partial charge in [0.1, 0.15) is 0 Å². The molecule has 0 radical (unpaired) electrons. The lowest BCUT2D eigenvalue weighted by atomic mass is 9.66. The van der Waals surface area contributed by atoms with E-state index in [1.54, 1.807) is 11.3 Å². The molecule has 1 aliphatic carbocycles. The van der Waals surface area contributed by atoms with Crippen LogP contribution in [0.2, 0.25) is 0 Å². The molecule has 0 bridgehead atoms. The van der Waals surface area contributed by atoms with E-state index in [1.807, 2.05) is 91.0 Å². The lowest BCUT2D eigenvalue weighted by molar-refractivity contribution is 0.786. The van der Waals surface area contributed by atoms with E-state index in [-0.39, 0.29) is 28.4 Å². The van der Waals surface area contributed by atoms with Gasteiger partial charge in [-0.1, -0.05) is 188 Å². The summed E-state index contributed by atoms with van der Waals surface area (Å²) in [5.74, 6) is 0. The first-order valence-corrected chi connectivity index (χ1v) is 23.6. The number of hydrogen-bond acceptors (Lipinski definition) is 3. The van der Waals surface area contributed by atoms with Crippen molar-refractivity contribution in [2.75, 3.05) is 9.80 Å². The molecule has 1 aromatic heterocycles. The maximum atomic E-state index is 10.2. The number of rotatable bonds is 9. The lowest BCUT2D eigenvalue weighted by Crippen LogP contribution is -2.29. The van der Waals surface area contributed by atoms with Crippen LogP contribution in [-0.4, -0.2) is 0 Å². The summed E-state index contributed by atoms with van der Waals surface area (Å²) in [4.78, 5) is 4.46. The molecule has 1 atom stereocenters. The van der Waals surface area contributed by atoms with E-state index >= 15 is 0 Å². The Bertz CT molecular complexity index is 4160. The van der Waals surface area contributed by atoms with E-state index in [0.717, 1.165) is 93.2 Å². The maximum Gasteiger partial charge on any atom is 0.0733 e. The quantitative estimate of drug-likeness (QED) is 0.142. The van der Waals surface area contributed by atoms with Crippen LogP contribution in [0.1, 0.15) is 31.8 Å². The number of thiophene rings is 1. The summed E-state index contributed by atoms with van der Waals surface area (Å²) in [6.45, 7) is 0. The average Bonchev–Trinajstić information content (AvgIpc) is 4.00. The van der Waals surface area contributed by atoms with Crippen LogP contribution in [0, 0.1) is 0 Å². The van der Waals surface area contributed by atoms with Crippen LogP contribution in [0.3, 0.4) is 0 Å². The first-order chi connectivity index (χ1) is 36.6. The predicted molar refractivity (Wildman–Crippen MR) is 289 cm³/mol. The zero-order valence-electron chi connectivity index (χ0n) is 43.7. The summed E-state index contributed by atoms with van der Waals surface area (Å²) < 4.78 is 68.3. The van der Waals surface area contributed by atoms with E-state index in [1.165, 1.54) is 0 Å². The van der Waals surface area contributed by atoms with E-state index in [4.69, 9.17) is 2.74 Å². The molecule has 0 fully saturated rings. The Hall–Kier alpha value is -8.50. The van der Waals surface area contributed by atoms with Crippen molar-refractivity contribution in [2.45, 2.75) is 5.41 Å². The molecule has 0 spiro atoms. The second-order valence-corrected chi connectivity index (χ2v) is 18.1. The third-order valence-electron chi connectivity index (χ3n) is 13.4. The van der Waals surface area contributed by atoms with Crippen LogP contribution >= 0.6 is 11.3 Å². The summed E-state index contributed by atoms with van der Waals surface area (Å²) in [5, 5.41) is 2.04. The second kappa shape index (κ2) is 16.4. The van der Waals surface area contributed by atoms with E-state index in [2.05, 4.69) is 143 Å². The van der Waals surface area contributed by atoms with Crippen molar-refractivity contribution in [3.8, 4) is 22.3 Å². The number of benzene rings is 11. The first kappa shape index (κ1) is 33.0. The molecule has 13 rings (SSSR count). The molecule has 1 unspecified atom stereocenters. The van der Waals surface area contributed by atoms with Crippen molar-refractivity contribution in [3.05, 3.63) is 289 Å². The molecule has 0 N–H and O–H groups in total. The molecule has 0 saturated heterocycles. The van der Waals surface area contributed by atoms with Crippen molar-refractivity contribution < 1.29 is 9.60 Å². The third-order valence-corrected chi connectivity index (χ3v) is 14.6. The number of fused-ring (bicyclic) bond motifs is 7. The summed E-state index contributed by atoms with van der Waals surface area (Å²) in [5.41, 5.74) is 10.5. The first-order valence-electron chi connectivity index (χ1n) is 26.3. The number of anilines is 6.